The van der Waals surface area contributed by atoms with E-state index in [-0.39, 0.29) is 5.69 Å². The second-order valence-corrected chi connectivity index (χ2v) is 3.13. The zero-order valence-corrected chi connectivity index (χ0v) is 7.29. The molecule has 1 heterocycles. The fourth-order valence-corrected chi connectivity index (χ4v) is 0.903. The molecule has 1 rings (SSSR count). The van der Waals surface area contributed by atoms with Crippen molar-refractivity contribution in [2.45, 2.75) is 4.84 Å². The van der Waals surface area contributed by atoms with Gasteiger partial charge in [-0.15, -0.1) is 0 Å². The maximum absolute atomic E-state index is 10.3. The number of aromatic nitrogens is 1. The van der Waals surface area contributed by atoms with E-state index in [1.165, 1.54) is 12.3 Å². The Labute approximate surface area is 78.3 Å². The van der Waals surface area contributed by atoms with Crippen LogP contribution in [0.3, 0.4) is 0 Å². The van der Waals surface area contributed by atoms with Gasteiger partial charge in [-0.05, 0) is 0 Å². The Balaban J connectivity index is 3.04. The smallest absolute Gasteiger partial charge is 0.258 e. The van der Waals surface area contributed by atoms with E-state index < -0.39 is 9.76 Å². The molecule has 0 spiro atoms. The van der Waals surface area contributed by atoms with Gasteiger partial charge in [0.05, 0.1) is 4.92 Å². The molecule has 0 aliphatic carbocycles. The highest BCUT2D eigenvalue weighted by atomic mass is 35.5. The first-order valence-corrected chi connectivity index (χ1v) is 3.86. The molecule has 0 saturated heterocycles. The van der Waals surface area contributed by atoms with Crippen LogP contribution in [0.2, 0.25) is 0 Å². The van der Waals surface area contributed by atoms with Crippen LogP contribution in [0.5, 0.6) is 0 Å². The van der Waals surface area contributed by atoms with Crippen LogP contribution in [0.4, 0.5) is 5.69 Å². The van der Waals surface area contributed by atoms with Crippen LogP contribution in [0, 0.1) is 10.1 Å². The molecule has 0 saturated carbocycles. The van der Waals surface area contributed by atoms with Crippen LogP contribution in [0.25, 0.3) is 0 Å². The summed E-state index contributed by atoms with van der Waals surface area (Å²) in [5, 5.41) is 10.3. The van der Waals surface area contributed by atoms with Gasteiger partial charge in [-0.25, -0.2) is 0 Å². The molecule has 0 aliphatic rings. The summed E-state index contributed by atoms with van der Waals surface area (Å²) in [6.07, 6.45) is 2.53. The number of rotatable bonds is 2. The largest absolute Gasteiger partial charge is 0.287 e. The Bertz CT molecular complexity index is 303. The van der Waals surface area contributed by atoms with Crippen LogP contribution in [-0.4, -0.2) is 9.91 Å². The quantitative estimate of drug-likeness (QED) is 0.425. The predicted octanol–water partition coefficient (Wildman–Crippen LogP) is 2.47. The van der Waals surface area contributed by atoms with Crippen molar-refractivity contribution >= 4 is 28.9 Å². The minimum atomic E-state index is -0.780. The van der Waals surface area contributed by atoms with Crippen molar-refractivity contribution in [2.75, 3.05) is 0 Å². The first kappa shape index (κ1) is 9.22. The second kappa shape index (κ2) is 3.69. The number of alkyl halides is 2. The van der Waals surface area contributed by atoms with E-state index in [1.807, 2.05) is 0 Å². The molecule has 0 aliphatic heterocycles. The highest BCUT2D eigenvalue weighted by Crippen LogP contribution is 2.25. The van der Waals surface area contributed by atoms with E-state index >= 15 is 0 Å². The van der Waals surface area contributed by atoms with Gasteiger partial charge in [-0.1, -0.05) is 23.2 Å². The number of nitro groups is 1. The average Bonchev–Trinajstić information content (AvgIpc) is 2.04. The minimum Gasteiger partial charge on any atom is -0.258 e. The summed E-state index contributed by atoms with van der Waals surface area (Å²) in [6, 6.07) is 1.29. The third kappa shape index (κ3) is 2.06. The SMILES string of the molecule is O=[N+]([O-])c1cncc(C(Cl)Cl)c1. The highest BCUT2D eigenvalue weighted by Gasteiger charge is 2.10. The Morgan fingerprint density at radius 3 is 2.67 bits per heavy atom. The first-order chi connectivity index (χ1) is 5.61. The minimum absolute atomic E-state index is 0.112. The van der Waals surface area contributed by atoms with Crippen molar-refractivity contribution in [3.05, 3.63) is 34.1 Å². The molecular formula is C6H4Cl2N2O2. The van der Waals surface area contributed by atoms with Gasteiger partial charge >= 0.3 is 0 Å². The van der Waals surface area contributed by atoms with Crippen molar-refractivity contribution in [1.82, 2.24) is 4.98 Å². The Hall–Kier alpha value is -0.870. The Morgan fingerprint density at radius 1 is 1.50 bits per heavy atom. The molecule has 0 N–H and O–H groups in total. The molecule has 0 radical (unpaired) electrons. The molecule has 0 fully saturated rings. The standard InChI is InChI=1S/C6H4Cl2N2O2/c7-6(8)4-1-5(10(11)12)3-9-2-4/h1-3,6H. The van der Waals surface area contributed by atoms with Gasteiger partial charge in [0.2, 0.25) is 0 Å². The third-order valence-electron chi connectivity index (χ3n) is 1.21. The molecule has 1 aromatic rings. The van der Waals surface area contributed by atoms with Crippen LogP contribution >= 0.6 is 23.2 Å². The molecule has 12 heavy (non-hydrogen) atoms. The lowest BCUT2D eigenvalue weighted by molar-refractivity contribution is -0.385. The molecule has 0 unspecified atom stereocenters. The molecule has 0 amide bonds. The summed E-state index contributed by atoms with van der Waals surface area (Å²) < 4.78 is 0. The molecular weight excluding hydrogens is 203 g/mol. The monoisotopic (exact) mass is 206 g/mol. The number of hydrogen-bond donors (Lipinski definition) is 0. The van der Waals surface area contributed by atoms with E-state index in [9.17, 15) is 10.1 Å². The fourth-order valence-electron chi connectivity index (χ4n) is 0.664. The maximum atomic E-state index is 10.3. The van der Waals surface area contributed by atoms with E-state index in [1.54, 1.807) is 0 Å². The average molecular weight is 207 g/mol. The van der Waals surface area contributed by atoms with Crippen LogP contribution < -0.4 is 0 Å². The number of halogens is 2. The maximum Gasteiger partial charge on any atom is 0.287 e. The normalized spacial score (nSPS) is 10.2. The van der Waals surface area contributed by atoms with Crippen molar-refractivity contribution in [3.8, 4) is 0 Å². The summed E-state index contributed by atoms with van der Waals surface area (Å²) in [7, 11) is 0. The number of hydrogen-bond acceptors (Lipinski definition) is 3. The topological polar surface area (TPSA) is 56.0 Å². The van der Waals surface area contributed by atoms with Crippen molar-refractivity contribution in [3.63, 3.8) is 0 Å². The lowest BCUT2D eigenvalue weighted by atomic mass is 10.3. The summed E-state index contributed by atoms with van der Waals surface area (Å²) in [5.41, 5.74) is 0.311. The lowest BCUT2D eigenvalue weighted by Gasteiger charge is -1.98. The van der Waals surface area contributed by atoms with Gasteiger partial charge in [0.25, 0.3) is 5.69 Å². The van der Waals surface area contributed by atoms with Gasteiger partial charge in [0.1, 0.15) is 11.0 Å². The molecule has 0 aromatic carbocycles. The van der Waals surface area contributed by atoms with Gasteiger partial charge in [0, 0.05) is 17.8 Å². The van der Waals surface area contributed by atoms with Crippen molar-refractivity contribution < 1.29 is 4.92 Å². The van der Waals surface area contributed by atoms with Crippen LogP contribution in [0.1, 0.15) is 10.4 Å². The fraction of sp³-hybridized carbons (Fsp3) is 0.167. The van der Waals surface area contributed by atoms with Gasteiger partial charge in [-0.3, -0.25) is 15.1 Å². The molecule has 4 nitrogen and oxygen atoms in total. The molecule has 1 aromatic heterocycles. The first-order valence-electron chi connectivity index (χ1n) is 2.98. The van der Waals surface area contributed by atoms with E-state index in [0.717, 1.165) is 6.20 Å². The Morgan fingerprint density at radius 2 is 2.17 bits per heavy atom. The highest BCUT2D eigenvalue weighted by molar-refractivity contribution is 6.44. The van der Waals surface area contributed by atoms with Crippen molar-refractivity contribution in [2.24, 2.45) is 0 Å². The third-order valence-corrected chi connectivity index (χ3v) is 1.71. The number of pyridine rings is 1. The Kier molecular flexibility index (Phi) is 2.83. The predicted molar refractivity (Wildman–Crippen MR) is 45.3 cm³/mol. The summed E-state index contributed by atoms with van der Waals surface area (Å²) in [6.45, 7) is 0. The van der Waals surface area contributed by atoms with Crippen LogP contribution in [-0.2, 0) is 0 Å². The van der Waals surface area contributed by atoms with Crippen LogP contribution in [0.15, 0.2) is 18.5 Å². The molecule has 64 valence electrons. The second-order valence-electron chi connectivity index (χ2n) is 2.03. The van der Waals surface area contributed by atoms with E-state index in [0.29, 0.717) is 5.56 Å². The lowest BCUT2D eigenvalue weighted by Crippen LogP contribution is -1.91. The van der Waals surface area contributed by atoms with Gasteiger partial charge in [0.15, 0.2) is 0 Å². The van der Waals surface area contributed by atoms with E-state index in [4.69, 9.17) is 23.2 Å². The zero-order chi connectivity index (χ0) is 9.14. The van der Waals surface area contributed by atoms with Gasteiger partial charge in [-0.2, -0.15) is 0 Å². The molecule has 6 heteroatoms. The molecule has 0 atom stereocenters. The summed E-state index contributed by atoms with van der Waals surface area (Å²) in [4.78, 5) is 12.5. The van der Waals surface area contributed by atoms with E-state index in [2.05, 4.69) is 4.98 Å². The van der Waals surface area contributed by atoms with Gasteiger partial charge < -0.3 is 0 Å². The molecule has 0 bridgehead atoms. The zero-order valence-electron chi connectivity index (χ0n) is 5.78. The van der Waals surface area contributed by atoms with Crippen molar-refractivity contribution in [1.29, 1.82) is 0 Å². The summed E-state index contributed by atoms with van der Waals surface area (Å²) >= 11 is 11.0. The summed E-state index contributed by atoms with van der Waals surface area (Å²) in [5.74, 6) is 0. The number of nitrogens with zero attached hydrogens (tertiary/aromatic N) is 2.